The van der Waals surface area contributed by atoms with Gasteiger partial charge in [-0.05, 0) is 31.0 Å². The number of carbonyl (C=O) groups is 1. The maximum atomic E-state index is 11.7. The van der Waals surface area contributed by atoms with Crippen LogP contribution in [-0.4, -0.2) is 27.5 Å². The van der Waals surface area contributed by atoms with Crippen molar-refractivity contribution in [2.75, 3.05) is 7.05 Å². The van der Waals surface area contributed by atoms with Gasteiger partial charge in [-0.15, -0.1) is 0 Å². The van der Waals surface area contributed by atoms with Crippen LogP contribution in [0.4, 0.5) is 4.79 Å². The van der Waals surface area contributed by atoms with Gasteiger partial charge in [0.15, 0.2) is 0 Å². The summed E-state index contributed by atoms with van der Waals surface area (Å²) < 4.78 is 25.2. The number of carbonyl (C=O) groups excluding carboxylic acids is 1. The number of hydrogen-bond acceptors (Lipinski definition) is 3. The summed E-state index contributed by atoms with van der Waals surface area (Å²) in [6, 6.07) is 7.15. The first-order valence-corrected chi connectivity index (χ1v) is 9.08. The summed E-state index contributed by atoms with van der Waals surface area (Å²) in [5, 5.41) is 5.70. The first kappa shape index (κ1) is 18.4. The van der Waals surface area contributed by atoms with Crippen LogP contribution in [0.2, 0.25) is 0 Å². The fourth-order valence-corrected chi connectivity index (χ4v) is 2.73. The normalized spacial score (nSPS) is 11.5. The molecule has 0 saturated heterocycles. The van der Waals surface area contributed by atoms with Gasteiger partial charge in [-0.1, -0.05) is 38.1 Å². The summed E-state index contributed by atoms with van der Waals surface area (Å²) in [7, 11) is -1.87. The van der Waals surface area contributed by atoms with E-state index >= 15 is 0 Å². The molecule has 6 nitrogen and oxygen atoms in total. The zero-order chi connectivity index (χ0) is 16.6. The first-order chi connectivity index (χ1) is 10.4. The largest absolute Gasteiger partial charge is 0.335 e. The number of urea groups is 1. The van der Waals surface area contributed by atoms with Crippen molar-refractivity contribution < 1.29 is 13.2 Å². The summed E-state index contributed by atoms with van der Waals surface area (Å²) >= 11 is 0. The van der Waals surface area contributed by atoms with Gasteiger partial charge in [-0.2, -0.15) is 0 Å². The van der Waals surface area contributed by atoms with Crippen molar-refractivity contribution in [2.45, 2.75) is 45.0 Å². The minimum atomic E-state index is -3.26. The third-order valence-electron chi connectivity index (χ3n) is 3.46. The number of hydrogen-bond donors (Lipinski definition) is 3. The third kappa shape index (κ3) is 6.44. The van der Waals surface area contributed by atoms with Crippen molar-refractivity contribution >= 4 is 16.1 Å². The molecule has 2 amide bonds. The second-order valence-corrected chi connectivity index (χ2v) is 7.05. The Morgan fingerprint density at radius 1 is 1.09 bits per heavy atom. The van der Waals surface area contributed by atoms with Crippen molar-refractivity contribution in [2.24, 2.45) is 0 Å². The monoisotopic (exact) mass is 327 g/mol. The number of sulfonamides is 1. The summed E-state index contributed by atoms with van der Waals surface area (Å²) in [4.78, 5) is 11.7. The van der Waals surface area contributed by atoms with Gasteiger partial charge in [0.05, 0.1) is 5.75 Å². The van der Waals surface area contributed by atoms with Gasteiger partial charge >= 0.3 is 6.03 Å². The molecule has 0 aliphatic carbocycles. The highest BCUT2D eigenvalue weighted by Gasteiger charge is 2.09. The van der Waals surface area contributed by atoms with Crippen LogP contribution in [0, 0.1) is 0 Å². The van der Waals surface area contributed by atoms with Gasteiger partial charge in [0.25, 0.3) is 0 Å². The van der Waals surface area contributed by atoms with E-state index in [0.717, 1.165) is 18.4 Å². The fourth-order valence-electron chi connectivity index (χ4n) is 1.96. The molecule has 0 aliphatic heterocycles. The van der Waals surface area contributed by atoms with E-state index in [1.807, 2.05) is 26.0 Å². The maximum Gasteiger partial charge on any atom is 0.315 e. The predicted octanol–water partition coefficient (Wildman–Crippen LogP) is 1.72. The molecular formula is C15H25N3O3S. The number of amides is 2. The highest BCUT2D eigenvalue weighted by atomic mass is 32.2. The van der Waals surface area contributed by atoms with Crippen molar-refractivity contribution in [3.8, 4) is 0 Å². The Hall–Kier alpha value is -1.60. The Morgan fingerprint density at radius 3 is 2.14 bits per heavy atom. The van der Waals surface area contributed by atoms with Gasteiger partial charge < -0.3 is 10.6 Å². The van der Waals surface area contributed by atoms with Crippen molar-refractivity contribution in [1.29, 1.82) is 0 Å². The number of benzene rings is 1. The lowest BCUT2D eigenvalue weighted by Gasteiger charge is -2.15. The van der Waals surface area contributed by atoms with Crippen LogP contribution < -0.4 is 15.4 Å². The van der Waals surface area contributed by atoms with E-state index in [1.54, 1.807) is 12.1 Å². The van der Waals surface area contributed by atoms with E-state index in [9.17, 15) is 13.2 Å². The topological polar surface area (TPSA) is 87.3 Å². The smallest absolute Gasteiger partial charge is 0.315 e. The molecule has 0 radical (unpaired) electrons. The second kappa shape index (κ2) is 8.75. The van der Waals surface area contributed by atoms with Crippen LogP contribution in [0.25, 0.3) is 0 Å². The minimum Gasteiger partial charge on any atom is -0.335 e. The molecule has 0 unspecified atom stereocenters. The highest BCUT2D eigenvalue weighted by Crippen LogP contribution is 2.07. The van der Waals surface area contributed by atoms with Gasteiger partial charge in [-0.3, -0.25) is 0 Å². The lowest BCUT2D eigenvalue weighted by molar-refractivity contribution is 0.235. The SMILES string of the molecule is CCC(CC)NC(=O)NCc1ccc(CS(=O)(=O)NC)cc1. The molecule has 3 N–H and O–H groups in total. The van der Waals surface area contributed by atoms with Gasteiger partial charge in [0.1, 0.15) is 0 Å². The summed E-state index contributed by atoms with van der Waals surface area (Å²) in [6.45, 7) is 4.48. The molecule has 0 bridgehead atoms. The first-order valence-electron chi connectivity index (χ1n) is 7.43. The predicted molar refractivity (Wildman–Crippen MR) is 87.9 cm³/mol. The summed E-state index contributed by atoms with van der Waals surface area (Å²) in [6.07, 6.45) is 1.80. The maximum absolute atomic E-state index is 11.7. The quantitative estimate of drug-likeness (QED) is 0.679. The molecule has 1 aromatic rings. The van der Waals surface area contributed by atoms with Crippen molar-refractivity contribution in [1.82, 2.24) is 15.4 Å². The summed E-state index contributed by atoms with van der Waals surface area (Å²) in [5.74, 6) is -0.0492. The van der Waals surface area contributed by atoms with E-state index in [1.165, 1.54) is 7.05 Å². The Bertz CT molecular complexity index is 566. The van der Waals surface area contributed by atoms with Crippen LogP contribution in [0.15, 0.2) is 24.3 Å². The molecule has 124 valence electrons. The zero-order valence-corrected chi connectivity index (χ0v) is 14.2. The van der Waals surface area contributed by atoms with Crippen LogP contribution >= 0.6 is 0 Å². The lowest BCUT2D eigenvalue weighted by atomic mass is 10.1. The number of rotatable bonds is 8. The van der Waals surface area contributed by atoms with Gasteiger partial charge in [0.2, 0.25) is 10.0 Å². The molecule has 0 fully saturated rings. The molecule has 0 aromatic heterocycles. The molecule has 7 heteroatoms. The standard InChI is InChI=1S/C15H25N3O3S/c1-4-14(5-2)18-15(19)17-10-12-6-8-13(9-7-12)11-22(20,21)16-3/h6-9,14,16H,4-5,10-11H2,1-3H3,(H2,17,18,19). The van der Waals surface area contributed by atoms with Crippen LogP contribution in [-0.2, 0) is 22.3 Å². The Balaban J connectivity index is 2.49. The van der Waals surface area contributed by atoms with E-state index in [2.05, 4.69) is 15.4 Å². The van der Waals surface area contributed by atoms with E-state index < -0.39 is 10.0 Å². The molecule has 1 aromatic carbocycles. The molecule has 0 spiro atoms. The highest BCUT2D eigenvalue weighted by molar-refractivity contribution is 7.88. The fraction of sp³-hybridized carbons (Fsp3) is 0.533. The number of nitrogens with one attached hydrogen (secondary N) is 3. The molecule has 22 heavy (non-hydrogen) atoms. The third-order valence-corrected chi connectivity index (χ3v) is 4.80. The van der Waals surface area contributed by atoms with E-state index in [0.29, 0.717) is 12.1 Å². The molecule has 0 aliphatic rings. The molecule has 0 heterocycles. The molecule has 0 saturated carbocycles. The van der Waals surface area contributed by atoms with E-state index in [-0.39, 0.29) is 17.8 Å². The van der Waals surface area contributed by atoms with Gasteiger partial charge in [-0.25, -0.2) is 17.9 Å². The Morgan fingerprint density at radius 2 is 1.64 bits per heavy atom. The van der Waals surface area contributed by atoms with Crippen LogP contribution in [0.1, 0.15) is 37.8 Å². The minimum absolute atomic E-state index is 0.0492. The average Bonchev–Trinajstić information content (AvgIpc) is 2.51. The Kier molecular flexibility index (Phi) is 7.34. The molecule has 1 rings (SSSR count). The summed E-state index contributed by atoms with van der Waals surface area (Å²) in [5.41, 5.74) is 1.63. The molecule has 0 atom stereocenters. The zero-order valence-electron chi connectivity index (χ0n) is 13.3. The van der Waals surface area contributed by atoms with Crippen LogP contribution in [0.5, 0.6) is 0 Å². The Labute approximate surface area is 132 Å². The van der Waals surface area contributed by atoms with Crippen molar-refractivity contribution in [3.05, 3.63) is 35.4 Å². The molecular weight excluding hydrogens is 302 g/mol. The van der Waals surface area contributed by atoms with Crippen molar-refractivity contribution in [3.63, 3.8) is 0 Å². The second-order valence-electron chi connectivity index (χ2n) is 5.12. The van der Waals surface area contributed by atoms with Crippen LogP contribution in [0.3, 0.4) is 0 Å². The van der Waals surface area contributed by atoms with E-state index in [4.69, 9.17) is 0 Å². The lowest BCUT2D eigenvalue weighted by Crippen LogP contribution is -2.41. The van der Waals surface area contributed by atoms with Gasteiger partial charge in [0, 0.05) is 12.6 Å². The average molecular weight is 327 g/mol.